The van der Waals surface area contributed by atoms with Crippen molar-refractivity contribution in [2.24, 2.45) is 0 Å². The van der Waals surface area contributed by atoms with Gasteiger partial charge in [0.05, 0.1) is 0 Å². The van der Waals surface area contributed by atoms with Crippen LogP contribution in [0.5, 0.6) is 0 Å². The number of ether oxygens (including phenoxy) is 3. The van der Waals surface area contributed by atoms with Crippen LogP contribution in [0.2, 0.25) is 0 Å². The predicted octanol–water partition coefficient (Wildman–Crippen LogP) is 15.7. The molecule has 0 aliphatic carbocycles. The lowest BCUT2D eigenvalue weighted by molar-refractivity contribution is -0.167. The van der Waals surface area contributed by atoms with Crippen LogP contribution in [0.25, 0.3) is 0 Å². The van der Waals surface area contributed by atoms with Gasteiger partial charge < -0.3 is 14.2 Å². The summed E-state index contributed by atoms with van der Waals surface area (Å²) in [5.41, 5.74) is 0. The Labute approximate surface area is 373 Å². The van der Waals surface area contributed by atoms with E-state index >= 15 is 0 Å². The Balaban J connectivity index is 4.35. The van der Waals surface area contributed by atoms with E-state index in [1.165, 1.54) is 0 Å². The van der Waals surface area contributed by atoms with Gasteiger partial charge in [-0.3, -0.25) is 14.4 Å². The van der Waals surface area contributed by atoms with Crippen molar-refractivity contribution in [3.05, 3.63) is 122 Å². The van der Waals surface area contributed by atoms with E-state index in [1.807, 2.05) is 0 Å². The van der Waals surface area contributed by atoms with Crippen molar-refractivity contribution in [1.82, 2.24) is 0 Å². The van der Waals surface area contributed by atoms with E-state index in [9.17, 15) is 14.4 Å². The van der Waals surface area contributed by atoms with Crippen LogP contribution in [0.1, 0.15) is 188 Å². The van der Waals surface area contributed by atoms with Gasteiger partial charge >= 0.3 is 17.9 Å². The molecule has 342 valence electrons. The highest BCUT2D eigenvalue weighted by Crippen LogP contribution is 2.11. The van der Waals surface area contributed by atoms with E-state index in [1.54, 1.807) is 0 Å². The summed E-state index contributed by atoms with van der Waals surface area (Å²) in [5.74, 6) is -1.01. The van der Waals surface area contributed by atoms with Gasteiger partial charge in [-0.25, -0.2) is 0 Å². The van der Waals surface area contributed by atoms with Gasteiger partial charge in [-0.2, -0.15) is 0 Å². The summed E-state index contributed by atoms with van der Waals surface area (Å²) in [4.78, 5) is 37.6. The molecule has 0 radical (unpaired) electrons. The Morgan fingerprint density at radius 2 is 0.656 bits per heavy atom. The van der Waals surface area contributed by atoms with Crippen molar-refractivity contribution in [3.8, 4) is 0 Å². The third-order valence-corrected chi connectivity index (χ3v) is 9.46. The van der Waals surface area contributed by atoms with Gasteiger partial charge in [0, 0.05) is 19.3 Å². The number of rotatable bonds is 41. The normalized spacial score (nSPS) is 13.2. The predicted molar refractivity (Wildman–Crippen MR) is 260 cm³/mol. The number of hydrogen-bond acceptors (Lipinski definition) is 6. The van der Waals surface area contributed by atoms with Crippen molar-refractivity contribution >= 4 is 17.9 Å². The van der Waals surface area contributed by atoms with Crippen molar-refractivity contribution < 1.29 is 28.6 Å². The van der Waals surface area contributed by atoms with Crippen molar-refractivity contribution in [2.75, 3.05) is 13.2 Å². The lowest BCUT2D eigenvalue weighted by atomic mass is 10.1. The number of esters is 3. The topological polar surface area (TPSA) is 78.9 Å². The molecule has 0 saturated carbocycles. The van der Waals surface area contributed by atoms with Crippen LogP contribution in [-0.2, 0) is 28.6 Å². The molecule has 1 atom stereocenters. The van der Waals surface area contributed by atoms with Crippen LogP contribution in [0, 0.1) is 0 Å². The summed E-state index contributed by atoms with van der Waals surface area (Å²) in [6, 6.07) is 0. The molecule has 6 heteroatoms. The Morgan fingerprint density at radius 3 is 1.07 bits per heavy atom. The van der Waals surface area contributed by atoms with Gasteiger partial charge in [-0.15, -0.1) is 0 Å². The Kier molecular flexibility index (Phi) is 45.1. The largest absolute Gasteiger partial charge is 0.462 e. The summed E-state index contributed by atoms with van der Waals surface area (Å²) in [7, 11) is 0. The van der Waals surface area contributed by atoms with E-state index in [0.717, 1.165) is 141 Å². The maximum atomic E-state index is 12.7. The molecule has 0 aliphatic rings. The third-order valence-electron chi connectivity index (χ3n) is 9.46. The summed E-state index contributed by atoms with van der Waals surface area (Å²) >= 11 is 0. The summed E-state index contributed by atoms with van der Waals surface area (Å²) in [6.07, 6.45) is 66.5. The van der Waals surface area contributed by atoms with E-state index < -0.39 is 6.10 Å². The van der Waals surface area contributed by atoms with Crippen LogP contribution >= 0.6 is 0 Å². The second kappa shape index (κ2) is 48.5. The number of hydrogen-bond donors (Lipinski definition) is 0. The van der Waals surface area contributed by atoms with E-state index in [2.05, 4.69) is 142 Å². The SMILES string of the molecule is CC/C=C\C/C=C\C/C=C\C/C=C\C/C=C\C/C=C\C/C=C\CCCC(=O)OCC(COC(=O)CCCCCCC)OC(=O)CCCCCCC/C=C\C/C=C\C/C=C\CC. The first-order valence-corrected chi connectivity index (χ1v) is 24.0. The lowest BCUT2D eigenvalue weighted by Crippen LogP contribution is -2.30. The molecule has 0 N–H and O–H groups in total. The second-order valence-corrected chi connectivity index (χ2v) is 15.3. The van der Waals surface area contributed by atoms with Gasteiger partial charge in [-0.1, -0.05) is 187 Å². The fourth-order valence-electron chi connectivity index (χ4n) is 5.91. The number of unbranched alkanes of at least 4 members (excludes halogenated alkanes) is 10. The molecule has 0 rings (SSSR count). The zero-order valence-electron chi connectivity index (χ0n) is 38.9. The molecule has 0 aromatic rings. The number of carbonyl (C=O) groups is 3. The lowest BCUT2D eigenvalue weighted by Gasteiger charge is -2.18. The van der Waals surface area contributed by atoms with Crippen LogP contribution in [0.4, 0.5) is 0 Å². The Morgan fingerprint density at radius 1 is 0.344 bits per heavy atom. The Hall–Kier alpha value is -4.19. The molecule has 0 amide bonds. The monoisotopic (exact) mass is 843 g/mol. The first-order valence-electron chi connectivity index (χ1n) is 24.0. The first kappa shape index (κ1) is 56.8. The average molecular weight is 843 g/mol. The molecule has 61 heavy (non-hydrogen) atoms. The molecule has 6 nitrogen and oxygen atoms in total. The zero-order chi connectivity index (χ0) is 44.4. The fraction of sp³-hybridized carbons (Fsp3) is 0.582. The third kappa shape index (κ3) is 46.7. The fourth-order valence-corrected chi connectivity index (χ4v) is 5.91. The number of allylic oxidation sites excluding steroid dienone is 20. The van der Waals surface area contributed by atoms with E-state index in [4.69, 9.17) is 14.2 Å². The van der Waals surface area contributed by atoms with Crippen molar-refractivity contribution in [1.29, 1.82) is 0 Å². The molecule has 0 fully saturated rings. The van der Waals surface area contributed by atoms with Crippen molar-refractivity contribution in [3.63, 3.8) is 0 Å². The molecule has 0 saturated heterocycles. The van der Waals surface area contributed by atoms with E-state index in [0.29, 0.717) is 19.3 Å². The van der Waals surface area contributed by atoms with Gasteiger partial charge in [0.25, 0.3) is 0 Å². The number of carbonyl (C=O) groups excluding carboxylic acids is 3. The van der Waals surface area contributed by atoms with E-state index in [-0.39, 0.29) is 37.5 Å². The first-order chi connectivity index (χ1) is 30.0. The molecule has 0 aromatic heterocycles. The molecular weight excluding hydrogens is 757 g/mol. The minimum absolute atomic E-state index is 0.108. The highest BCUT2D eigenvalue weighted by Gasteiger charge is 2.19. The summed E-state index contributed by atoms with van der Waals surface area (Å²) in [5, 5.41) is 0. The van der Waals surface area contributed by atoms with Gasteiger partial charge in [0.2, 0.25) is 0 Å². The smallest absolute Gasteiger partial charge is 0.306 e. The molecule has 0 spiro atoms. The second-order valence-electron chi connectivity index (χ2n) is 15.3. The van der Waals surface area contributed by atoms with Crippen LogP contribution < -0.4 is 0 Å². The van der Waals surface area contributed by atoms with Gasteiger partial charge in [0.1, 0.15) is 13.2 Å². The van der Waals surface area contributed by atoms with Gasteiger partial charge in [-0.05, 0) is 103 Å². The summed E-state index contributed by atoms with van der Waals surface area (Å²) < 4.78 is 16.6. The minimum atomic E-state index is -0.809. The quantitative estimate of drug-likeness (QED) is 0.0264. The zero-order valence-corrected chi connectivity index (χ0v) is 38.9. The average Bonchev–Trinajstić information content (AvgIpc) is 3.26. The standard InChI is InChI=1S/C55H86O6/c1-4-7-10-13-15-17-19-21-23-24-25-26-27-28-29-30-32-33-35-37-39-42-45-48-54(57)60-51-52(50-59-53(56)47-44-41-12-9-6-3)61-55(58)49-46-43-40-38-36-34-31-22-20-18-16-14-11-8-5-2/h7-8,10-11,15-18,21-23,25-26,28-29,31-33,37,39,52H,4-6,9,12-14,19-20,24,27,30,34-36,38,40-51H2,1-3H3/b10-7-,11-8-,17-15-,18-16-,23-21-,26-25-,29-28-,31-22-,33-32-,39-37-. The van der Waals surface area contributed by atoms with Crippen LogP contribution in [-0.4, -0.2) is 37.2 Å². The molecule has 0 aromatic carbocycles. The summed E-state index contributed by atoms with van der Waals surface area (Å²) in [6.45, 7) is 6.23. The van der Waals surface area contributed by atoms with Crippen LogP contribution in [0.3, 0.4) is 0 Å². The molecule has 1 unspecified atom stereocenters. The molecular formula is C55H86O6. The van der Waals surface area contributed by atoms with Crippen molar-refractivity contribution in [2.45, 2.75) is 194 Å². The highest BCUT2D eigenvalue weighted by molar-refractivity contribution is 5.71. The highest BCUT2D eigenvalue weighted by atomic mass is 16.6. The molecule has 0 heterocycles. The minimum Gasteiger partial charge on any atom is -0.462 e. The molecule has 0 aliphatic heterocycles. The Bertz CT molecular complexity index is 1340. The molecule has 0 bridgehead atoms. The maximum absolute atomic E-state index is 12.7. The van der Waals surface area contributed by atoms with Gasteiger partial charge in [0.15, 0.2) is 6.10 Å². The maximum Gasteiger partial charge on any atom is 0.306 e. The van der Waals surface area contributed by atoms with Crippen LogP contribution in [0.15, 0.2) is 122 Å².